The van der Waals surface area contributed by atoms with Crippen molar-refractivity contribution in [3.63, 3.8) is 0 Å². The highest BCUT2D eigenvalue weighted by atomic mass is 16.2. The van der Waals surface area contributed by atoms with Crippen molar-refractivity contribution in [2.75, 3.05) is 13.6 Å². The van der Waals surface area contributed by atoms with Crippen molar-refractivity contribution >= 4 is 5.91 Å². The molecule has 0 unspecified atom stereocenters. The fraction of sp³-hybridized carbons (Fsp3) is 0.818. The first-order valence-corrected chi connectivity index (χ1v) is 5.29. The second-order valence-corrected chi connectivity index (χ2v) is 4.16. The second-order valence-electron chi connectivity index (χ2n) is 4.16. The minimum atomic E-state index is -0.147. The lowest BCUT2D eigenvalue weighted by Gasteiger charge is -2.30. The Morgan fingerprint density at radius 3 is 2.50 bits per heavy atom. The topological polar surface area (TPSA) is 44.1 Å². The SMILES string of the molecule is CCC1(C(=O)N(C)CC#N)CCCC1. The quantitative estimate of drug-likeness (QED) is 0.644. The molecule has 0 heterocycles. The van der Waals surface area contributed by atoms with Crippen LogP contribution in [0.5, 0.6) is 0 Å². The third-order valence-electron chi connectivity index (χ3n) is 3.35. The van der Waals surface area contributed by atoms with Crippen LogP contribution in [0.25, 0.3) is 0 Å². The lowest BCUT2D eigenvalue weighted by atomic mass is 9.82. The van der Waals surface area contributed by atoms with Gasteiger partial charge in [0, 0.05) is 12.5 Å². The average Bonchev–Trinajstić information content (AvgIpc) is 2.66. The maximum atomic E-state index is 12.1. The molecule has 0 aromatic rings. The van der Waals surface area contributed by atoms with Crippen LogP contribution in [0.1, 0.15) is 39.0 Å². The normalized spacial score (nSPS) is 18.9. The Hall–Kier alpha value is -1.04. The Kier molecular flexibility index (Phi) is 3.51. The van der Waals surface area contributed by atoms with E-state index in [9.17, 15) is 4.79 Å². The average molecular weight is 194 g/mol. The highest BCUT2D eigenvalue weighted by Gasteiger charge is 2.40. The van der Waals surface area contributed by atoms with E-state index in [2.05, 4.69) is 6.92 Å². The van der Waals surface area contributed by atoms with Crippen molar-refractivity contribution in [1.82, 2.24) is 4.90 Å². The smallest absolute Gasteiger partial charge is 0.229 e. The summed E-state index contributed by atoms with van der Waals surface area (Å²) in [6.07, 6.45) is 5.21. The van der Waals surface area contributed by atoms with Gasteiger partial charge in [-0.2, -0.15) is 5.26 Å². The lowest BCUT2D eigenvalue weighted by molar-refractivity contribution is -0.140. The van der Waals surface area contributed by atoms with Crippen LogP contribution < -0.4 is 0 Å². The summed E-state index contributed by atoms with van der Waals surface area (Å²) in [5, 5.41) is 8.54. The van der Waals surface area contributed by atoms with Crippen molar-refractivity contribution < 1.29 is 4.79 Å². The van der Waals surface area contributed by atoms with Gasteiger partial charge in [0.15, 0.2) is 0 Å². The van der Waals surface area contributed by atoms with E-state index in [-0.39, 0.29) is 17.9 Å². The molecule has 0 aromatic carbocycles. The van der Waals surface area contributed by atoms with E-state index in [1.165, 1.54) is 0 Å². The molecule has 0 aromatic heterocycles. The van der Waals surface area contributed by atoms with Crippen LogP contribution in [-0.2, 0) is 4.79 Å². The Morgan fingerprint density at radius 2 is 2.07 bits per heavy atom. The largest absolute Gasteiger partial charge is 0.332 e. The molecule has 1 aliphatic rings. The predicted molar refractivity (Wildman–Crippen MR) is 54.4 cm³/mol. The summed E-state index contributed by atoms with van der Waals surface area (Å²) in [7, 11) is 1.72. The summed E-state index contributed by atoms with van der Waals surface area (Å²) in [5.41, 5.74) is -0.147. The molecule has 1 aliphatic carbocycles. The highest BCUT2D eigenvalue weighted by molar-refractivity contribution is 5.83. The molecule has 1 rings (SSSR count). The van der Waals surface area contributed by atoms with Gasteiger partial charge in [-0.3, -0.25) is 4.79 Å². The van der Waals surface area contributed by atoms with Gasteiger partial charge in [0.25, 0.3) is 0 Å². The van der Waals surface area contributed by atoms with Gasteiger partial charge in [-0.1, -0.05) is 19.8 Å². The van der Waals surface area contributed by atoms with Crippen molar-refractivity contribution in [2.24, 2.45) is 5.41 Å². The standard InChI is InChI=1S/C11H18N2O/c1-3-11(6-4-5-7-11)10(14)13(2)9-8-12/h3-7,9H2,1-2H3. The van der Waals surface area contributed by atoms with E-state index >= 15 is 0 Å². The van der Waals surface area contributed by atoms with E-state index in [4.69, 9.17) is 5.26 Å². The fourth-order valence-corrected chi connectivity index (χ4v) is 2.35. The monoisotopic (exact) mass is 194 g/mol. The maximum Gasteiger partial charge on any atom is 0.229 e. The summed E-state index contributed by atoms with van der Waals surface area (Å²) in [4.78, 5) is 13.6. The second kappa shape index (κ2) is 4.45. The van der Waals surface area contributed by atoms with Crippen molar-refractivity contribution in [2.45, 2.75) is 39.0 Å². The van der Waals surface area contributed by atoms with Crippen LogP contribution >= 0.6 is 0 Å². The van der Waals surface area contributed by atoms with Gasteiger partial charge in [0.05, 0.1) is 6.07 Å². The van der Waals surface area contributed by atoms with Gasteiger partial charge in [-0.15, -0.1) is 0 Å². The lowest BCUT2D eigenvalue weighted by Crippen LogP contribution is -2.40. The third kappa shape index (κ3) is 1.89. The maximum absolute atomic E-state index is 12.1. The molecule has 0 bridgehead atoms. The minimum absolute atomic E-state index is 0.147. The van der Waals surface area contributed by atoms with Crippen LogP contribution in [-0.4, -0.2) is 24.4 Å². The Labute approximate surface area is 85.7 Å². The number of amides is 1. The van der Waals surface area contributed by atoms with Gasteiger partial charge in [0.2, 0.25) is 5.91 Å². The van der Waals surface area contributed by atoms with E-state index in [1.54, 1.807) is 11.9 Å². The molecule has 1 amide bonds. The molecule has 0 atom stereocenters. The number of carbonyl (C=O) groups excluding carboxylic acids is 1. The summed E-state index contributed by atoms with van der Waals surface area (Å²) in [6.45, 7) is 2.28. The number of nitriles is 1. The molecular weight excluding hydrogens is 176 g/mol. The van der Waals surface area contributed by atoms with Gasteiger partial charge in [-0.25, -0.2) is 0 Å². The number of hydrogen-bond donors (Lipinski definition) is 0. The summed E-state index contributed by atoms with van der Waals surface area (Å²) < 4.78 is 0. The molecule has 0 radical (unpaired) electrons. The highest BCUT2D eigenvalue weighted by Crippen LogP contribution is 2.42. The molecule has 0 N–H and O–H groups in total. The first-order valence-electron chi connectivity index (χ1n) is 5.29. The molecule has 78 valence electrons. The van der Waals surface area contributed by atoms with E-state index in [0.29, 0.717) is 0 Å². The van der Waals surface area contributed by atoms with Crippen LogP contribution in [0.4, 0.5) is 0 Å². The van der Waals surface area contributed by atoms with E-state index in [1.807, 2.05) is 6.07 Å². The molecule has 1 fully saturated rings. The predicted octanol–water partition coefficient (Wildman–Crippen LogP) is 1.94. The zero-order valence-electron chi connectivity index (χ0n) is 9.05. The Morgan fingerprint density at radius 1 is 1.50 bits per heavy atom. The number of rotatable bonds is 3. The molecule has 3 nitrogen and oxygen atoms in total. The molecule has 0 aliphatic heterocycles. The molecule has 1 saturated carbocycles. The Balaban J connectivity index is 2.70. The minimum Gasteiger partial charge on any atom is -0.332 e. The molecule has 0 spiro atoms. The van der Waals surface area contributed by atoms with Gasteiger partial charge in [-0.05, 0) is 19.3 Å². The molecule has 3 heteroatoms. The summed E-state index contributed by atoms with van der Waals surface area (Å²) in [6, 6.07) is 2.02. The molecular formula is C11H18N2O. The van der Waals surface area contributed by atoms with Crippen LogP contribution in [0.3, 0.4) is 0 Å². The summed E-state index contributed by atoms with van der Waals surface area (Å²) >= 11 is 0. The molecule has 0 saturated heterocycles. The van der Waals surface area contributed by atoms with Crippen LogP contribution in [0.2, 0.25) is 0 Å². The zero-order chi connectivity index (χ0) is 10.6. The van der Waals surface area contributed by atoms with Crippen LogP contribution in [0, 0.1) is 16.7 Å². The van der Waals surface area contributed by atoms with Gasteiger partial charge < -0.3 is 4.90 Å². The Bertz CT molecular complexity index is 249. The first kappa shape index (κ1) is 11.0. The number of nitrogens with zero attached hydrogens (tertiary/aromatic N) is 2. The molecule has 14 heavy (non-hydrogen) atoms. The van der Waals surface area contributed by atoms with Gasteiger partial charge in [0.1, 0.15) is 6.54 Å². The van der Waals surface area contributed by atoms with E-state index < -0.39 is 0 Å². The van der Waals surface area contributed by atoms with Crippen molar-refractivity contribution in [1.29, 1.82) is 5.26 Å². The third-order valence-corrected chi connectivity index (χ3v) is 3.35. The number of carbonyl (C=O) groups is 1. The summed E-state index contributed by atoms with van der Waals surface area (Å²) in [5.74, 6) is 0.166. The zero-order valence-corrected chi connectivity index (χ0v) is 9.05. The van der Waals surface area contributed by atoms with Crippen molar-refractivity contribution in [3.8, 4) is 6.07 Å². The number of hydrogen-bond acceptors (Lipinski definition) is 2. The van der Waals surface area contributed by atoms with E-state index in [0.717, 1.165) is 32.1 Å². The first-order chi connectivity index (χ1) is 6.66. The van der Waals surface area contributed by atoms with Crippen molar-refractivity contribution in [3.05, 3.63) is 0 Å². The fourth-order valence-electron chi connectivity index (χ4n) is 2.35. The van der Waals surface area contributed by atoms with Crippen LogP contribution in [0.15, 0.2) is 0 Å². The van der Waals surface area contributed by atoms with Gasteiger partial charge >= 0.3 is 0 Å².